The molecule has 3 N–H and O–H groups in total. The van der Waals surface area contributed by atoms with Gasteiger partial charge in [-0.2, -0.15) is 13.2 Å². The van der Waals surface area contributed by atoms with E-state index in [4.69, 9.17) is 4.74 Å². The number of nitrogens with one attached hydrogen (secondary N) is 2. The van der Waals surface area contributed by atoms with Crippen LogP contribution < -0.4 is 15.4 Å². The van der Waals surface area contributed by atoms with Crippen molar-refractivity contribution in [1.29, 1.82) is 0 Å². The number of carbonyl (C=O) groups is 1. The van der Waals surface area contributed by atoms with Gasteiger partial charge < -0.3 is 20.5 Å². The number of anilines is 1. The van der Waals surface area contributed by atoms with Gasteiger partial charge in [-0.25, -0.2) is 4.79 Å². The standard InChI is InChI=1S/C16H23F3N2O3/c1-4-24-12-5-6-14(13(8-12)16(17,18)19)21-15(23)20-9-10(2)7-11(3)22/h5-6,8,10-11,22H,4,7,9H2,1-3H3,(H2,20,21,23). The van der Waals surface area contributed by atoms with Crippen LogP contribution in [0, 0.1) is 5.92 Å². The second-order valence-corrected chi connectivity index (χ2v) is 5.66. The molecular weight excluding hydrogens is 325 g/mol. The van der Waals surface area contributed by atoms with E-state index in [1.807, 2.05) is 6.92 Å². The number of alkyl halides is 3. The van der Waals surface area contributed by atoms with E-state index in [-0.39, 0.29) is 30.5 Å². The van der Waals surface area contributed by atoms with E-state index in [1.54, 1.807) is 13.8 Å². The number of aliphatic hydroxyl groups excluding tert-OH is 1. The Labute approximate surface area is 139 Å². The van der Waals surface area contributed by atoms with E-state index < -0.39 is 23.9 Å². The number of hydrogen-bond acceptors (Lipinski definition) is 3. The van der Waals surface area contributed by atoms with Crippen LogP contribution in [0.3, 0.4) is 0 Å². The van der Waals surface area contributed by atoms with Crippen LogP contribution in [0.5, 0.6) is 5.75 Å². The van der Waals surface area contributed by atoms with Gasteiger partial charge in [-0.3, -0.25) is 0 Å². The number of halogens is 3. The van der Waals surface area contributed by atoms with Crippen LogP contribution in [-0.2, 0) is 6.18 Å². The van der Waals surface area contributed by atoms with Crippen LogP contribution in [-0.4, -0.2) is 30.4 Å². The van der Waals surface area contributed by atoms with Crippen molar-refractivity contribution in [3.05, 3.63) is 23.8 Å². The average Bonchev–Trinajstić information content (AvgIpc) is 2.45. The second kappa shape index (κ2) is 8.77. The van der Waals surface area contributed by atoms with Crippen molar-refractivity contribution in [2.24, 2.45) is 5.92 Å². The molecule has 2 amide bonds. The van der Waals surface area contributed by atoms with Gasteiger partial charge in [0.15, 0.2) is 0 Å². The largest absolute Gasteiger partial charge is 0.494 e. The van der Waals surface area contributed by atoms with Crippen LogP contribution in [0.25, 0.3) is 0 Å². The Bertz CT molecular complexity index is 548. The summed E-state index contributed by atoms with van der Waals surface area (Å²) in [5.74, 6) is 0.0829. The summed E-state index contributed by atoms with van der Waals surface area (Å²) < 4.78 is 44.4. The molecule has 0 aliphatic rings. The van der Waals surface area contributed by atoms with Gasteiger partial charge in [-0.1, -0.05) is 6.92 Å². The molecular formula is C16H23F3N2O3. The van der Waals surface area contributed by atoms with E-state index in [0.717, 1.165) is 12.1 Å². The predicted molar refractivity (Wildman–Crippen MR) is 85.1 cm³/mol. The molecule has 1 aromatic carbocycles. The molecule has 0 spiro atoms. The number of amides is 2. The smallest absolute Gasteiger partial charge is 0.418 e. The Hall–Kier alpha value is -1.96. The van der Waals surface area contributed by atoms with E-state index in [1.165, 1.54) is 6.07 Å². The SMILES string of the molecule is CCOc1ccc(NC(=O)NCC(C)CC(C)O)c(C(F)(F)F)c1. The third-order valence-electron chi connectivity index (χ3n) is 3.21. The molecule has 0 bridgehead atoms. The highest BCUT2D eigenvalue weighted by Gasteiger charge is 2.34. The van der Waals surface area contributed by atoms with Crippen LogP contribution in [0.2, 0.25) is 0 Å². The van der Waals surface area contributed by atoms with E-state index in [9.17, 15) is 23.1 Å². The van der Waals surface area contributed by atoms with Crippen molar-refractivity contribution >= 4 is 11.7 Å². The Morgan fingerprint density at radius 1 is 1.33 bits per heavy atom. The molecule has 1 rings (SSSR count). The second-order valence-electron chi connectivity index (χ2n) is 5.66. The van der Waals surface area contributed by atoms with Crippen LogP contribution >= 0.6 is 0 Å². The molecule has 0 radical (unpaired) electrons. The van der Waals surface area contributed by atoms with Gasteiger partial charge in [0.05, 0.1) is 24.0 Å². The van der Waals surface area contributed by atoms with Gasteiger partial charge in [0, 0.05) is 6.54 Å². The van der Waals surface area contributed by atoms with Crippen LogP contribution in [0.4, 0.5) is 23.7 Å². The summed E-state index contributed by atoms with van der Waals surface area (Å²) in [5, 5.41) is 14.0. The van der Waals surface area contributed by atoms with Crippen LogP contribution in [0.15, 0.2) is 18.2 Å². The Morgan fingerprint density at radius 3 is 2.54 bits per heavy atom. The molecule has 0 aliphatic carbocycles. The minimum absolute atomic E-state index is 0.00170. The number of benzene rings is 1. The quantitative estimate of drug-likeness (QED) is 0.705. The zero-order valence-corrected chi connectivity index (χ0v) is 13.9. The Morgan fingerprint density at radius 2 is 2.00 bits per heavy atom. The van der Waals surface area contributed by atoms with E-state index >= 15 is 0 Å². The number of aliphatic hydroxyl groups is 1. The third-order valence-corrected chi connectivity index (χ3v) is 3.21. The maximum atomic E-state index is 13.1. The molecule has 0 saturated heterocycles. The molecule has 136 valence electrons. The van der Waals surface area contributed by atoms with Crippen molar-refractivity contribution in [3.63, 3.8) is 0 Å². The summed E-state index contributed by atoms with van der Waals surface area (Å²) in [6.45, 7) is 5.61. The highest BCUT2D eigenvalue weighted by atomic mass is 19.4. The predicted octanol–water partition coefficient (Wildman–Crippen LogP) is 3.63. The minimum atomic E-state index is -4.62. The fourth-order valence-corrected chi connectivity index (χ4v) is 2.22. The molecule has 0 heterocycles. The molecule has 0 fully saturated rings. The summed E-state index contributed by atoms with van der Waals surface area (Å²) in [6.07, 6.45) is -4.64. The fourth-order valence-electron chi connectivity index (χ4n) is 2.22. The molecule has 24 heavy (non-hydrogen) atoms. The first-order valence-corrected chi connectivity index (χ1v) is 7.70. The van der Waals surface area contributed by atoms with Gasteiger partial charge in [-0.15, -0.1) is 0 Å². The summed E-state index contributed by atoms with van der Waals surface area (Å²) >= 11 is 0. The number of ether oxygens (including phenoxy) is 1. The molecule has 8 heteroatoms. The lowest BCUT2D eigenvalue weighted by Crippen LogP contribution is -2.33. The van der Waals surface area contributed by atoms with Gasteiger partial charge in [0.25, 0.3) is 0 Å². The number of hydrogen-bond donors (Lipinski definition) is 3. The van der Waals surface area contributed by atoms with Crippen molar-refractivity contribution in [1.82, 2.24) is 5.32 Å². The lowest BCUT2D eigenvalue weighted by Gasteiger charge is -2.17. The highest BCUT2D eigenvalue weighted by Crippen LogP contribution is 2.37. The van der Waals surface area contributed by atoms with Gasteiger partial charge >= 0.3 is 12.2 Å². The zero-order chi connectivity index (χ0) is 18.3. The summed E-state index contributed by atoms with van der Waals surface area (Å²) in [6, 6.07) is 2.65. The molecule has 0 saturated carbocycles. The summed E-state index contributed by atoms with van der Waals surface area (Å²) in [5.41, 5.74) is -1.31. The number of rotatable bonds is 7. The molecule has 1 aromatic rings. The van der Waals surface area contributed by atoms with Gasteiger partial charge in [0.1, 0.15) is 5.75 Å². The van der Waals surface area contributed by atoms with Crippen molar-refractivity contribution in [3.8, 4) is 5.75 Å². The zero-order valence-electron chi connectivity index (χ0n) is 13.9. The van der Waals surface area contributed by atoms with E-state index in [2.05, 4.69) is 10.6 Å². The molecule has 2 unspecified atom stereocenters. The van der Waals surface area contributed by atoms with Crippen LogP contribution in [0.1, 0.15) is 32.8 Å². The van der Waals surface area contributed by atoms with Crippen molar-refractivity contribution < 1.29 is 27.8 Å². The monoisotopic (exact) mass is 348 g/mol. The molecule has 5 nitrogen and oxygen atoms in total. The Kier molecular flexibility index (Phi) is 7.34. The van der Waals surface area contributed by atoms with Crippen molar-refractivity contribution in [2.45, 2.75) is 39.5 Å². The van der Waals surface area contributed by atoms with Gasteiger partial charge in [-0.05, 0) is 44.4 Å². The summed E-state index contributed by atoms with van der Waals surface area (Å²) in [4.78, 5) is 11.8. The fraction of sp³-hybridized carbons (Fsp3) is 0.562. The molecule has 0 aromatic heterocycles. The first-order chi connectivity index (χ1) is 11.1. The normalized spacial score (nSPS) is 14.0. The maximum absolute atomic E-state index is 13.1. The first kappa shape index (κ1) is 20.1. The topological polar surface area (TPSA) is 70.6 Å². The number of urea groups is 1. The Balaban J connectivity index is 2.77. The third kappa shape index (κ3) is 6.66. The lowest BCUT2D eigenvalue weighted by molar-refractivity contribution is -0.137. The summed E-state index contributed by atoms with van der Waals surface area (Å²) in [7, 11) is 0. The lowest BCUT2D eigenvalue weighted by atomic mass is 10.1. The number of carbonyl (C=O) groups excluding carboxylic acids is 1. The van der Waals surface area contributed by atoms with Crippen molar-refractivity contribution in [2.75, 3.05) is 18.5 Å². The molecule has 2 atom stereocenters. The first-order valence-electron chi connectivity index (χ1n) is 7.70. The average molecular weight is 348 g/mol. The van der Waals surface area contributed by atoms with Gasteiger partial charge in [0.2, 0.25) is 0 Å². The minimum Gasteiger partial charge on any atom is -0.494 e. The maximum Gasteiger partial charge on any atom is 0.418 e. The van der Waals surface area contributed by atoms with E-state index in [0.29, 0.717) is 6.42 Å². The molecule has 0 aliphatic heterocycles. The highest BCUT2D eigenvalue weighted by molar-refractivity contribution is 5.90.